The molecule has 4 nitrogen and oxygen atoms in total. The normalized spacial score (nSPS) is 19.2. The zero-order chi connectivity index (χ0) is 11.6. The minimum atomic E-state index is -0.855. The first-order valence-corrected chi connectivity index (χ1v) is 5.26. The van der Waals surface area contributed by atoms with Crippen LogP contribution in [-0.2, 0) is 14.9 Å². The van der Waals surface area contributed by atoms with Crippen LogP contribution in [0.25, 0.3) is 0 Å². The highest BCUT2D eigenvalue weighted by Crippen LogP contribution is 2.35. The first-order chi connectivity index (χ1) is 7.65. The van der Waals surface area contributed by atoms with Gasteiger partial charge in [-0.05, 0) is 30.5 Å². The van der Waals surface area contributed by atoms with Crippen LogP contribution in [0.15, 0.2) is 24.3 Å². The Hall–Kier alpha value is -1.55. The van der Waals surface area contributed by atoms with Crippen LogP contribution in [0.2, 0.25) is 0 Å². The molecule has 1 aromatic rings. The van der Waals surface area contributed by atoms with Crippen LogP contribution >= 0.6 is 0 Å². The van der Waals surface area contributed by atoms with Gasteiger partial charge in [-0.25, -0.2) is 0 Å². The van der Waals surface area contributed by atoms with Crippen molar-refractivity contribution < 1.29 is 19.7 Å². The third kappa shape index (κ3) is 1.76. The molecule has 0 aromatic heterocycles. The van der Waals surface area contributed by atoms with Gasteiger partial charge in [-0.2, -0.15) is 0 Å². The average molecular weight is 222 g/mol. The molecule has 0 unspecified atom stereocenters. The number of benzene rings is 1. The monoisotopic (exact) mass is 222 g/mol. The Balaban J connectivity index is 2.38. The second kappa shape index (κ2) is 4.14. The third-order valence-corrected chi connectivity index (χ3v) is 3.18. The highest BCUT2D eigenvalue weighted by Gasteiger charge is 2.41. The molecule has 1 saturated heterocycles. The Morgan fingerprint density at radius 3 is 2.25 bits per heavy atom. The van der Waals surface area contributed by atoms with Crippen LogP contribution in [-0.4, -0.2) is 29.4 Å². The van der Waals surface area contributed by atoms with Gasteiger partial charge >= 0.3 is 5.97 Å². The summed E-state index contributed by atoms with van der Waals surface area (Å²) in [6.07, 6.45) is 0.959. The van der Waals surface area contributed by atoms with Crippen molar-refractivity contribution in [1.29, 1.82) is 0 Å². The summed E-state index contributed by atoms with van der Waals surface area (Å²) in [5, 5.41) is 18.6. The molecule has 16 heavy (non-hydrogen) atoms. The number of phenolic OH excluding ortho intramolecular Hbond substituents is 1. The van der Waals surface area contributed by atoms with Crippen molar-refractivity contribution in [1.82, 2.24) is 0 Å². The molecular weight excluding hydrogens is 208 g/mol. The number of phenols is 1. The van der Waals surface area contributed by atoms with E-state index < -0.39 is 11.4 Å². The quantitative estimate of drug-likeness (QED) is 0.796. The zero-order valence-electron chi connectivity index (χ0n) is 8.85. The van der Waals surface area contributed by atoms with Crippen molar-refractivity contribution in [2.45, 2.75) is 18.3 Å². The molecule has 0 aliphatic carbocycles. The molecule has 0 atom stereocenters. The minimum absolute atomic E-state index is 0.149. The molecule has 2 N–H and O–H groups in total. The SMILES string of the molecule is O=C(O)C1(c2ccc(O)cc2)CCOCC1. The number of hydrogen-bond acceptors (Lipinski definition) is 3. The van der Waals surface area contributed by atoms with Crippen molar-refractivity contribution in [2.75, 3.05) is 13.2 Å². The van der Waals surface area contributed by atoms with Crippen LogP contribution < -0.4 is 0 Å². The highest BCUT2D eigenvalue weighted by molar-refractivity contribution is 5.81. The average Bonchev–Trinajstić information content (AvgIpc) is 2.30. The smallest absolute Gasteiger partial charge is 0.314 e. The second-order valence-electron chi connectivity index (χ2n) is 4.05. The van der Waals surface area contributed by atoms with Gasteiger partial charge in [-0.3, -0.25) is 4.79 Å². The lowest BCUT2D eigenvalue weighted by Crippen LogP contribution is -2.41. The van der Waals surface area contributed by atoms with Crippen molar-refractivity contribution in [2.24, 2.45) is 0 Å². The summed E-state index contributed by atoms with van der Waals surface area (Å²) >= 11 is 0. The largest absolute Gasteiger partial charge is 0.508 e. The Morgan fingerprint density at radius 1 is 1.19 bits per heavy atom. The summed E-state index contributed by atoms with van der Waals surface area (Å²) in [4.78, 5) is 11.4. The van der Waals surface area contributed by atoms with E-state index in [4.69, 9.17) is 4.74 Å². The number of carboxylic acids is 1. The molecular formula is C12H14O4. The van der Waals surface area contributed by atoms with E-state index in [0.29, 0.717) is 26.1 Å². The van der Waals surface area contributed by atoms with E-state index in [1.165, 1.54) is 12.1 Å². The number of ether oxygens (including phenoxy) is 1. The van der Waals surface area contributed by atoms with Crippen molar-refractivity contribution in [3.63, 3.8) is 0 Å². The lowest BCUT2D eigenvalue weighted by atomic mass is 9.74. The predicted octanol–water partition coefficient (Wildman–Crippen LogP) is 1.52. The molecule has 0 saturated carbocycles. The van der Waals surface area contributed by atoms with Crippen LogP contribution in [0.3, 0.4) is 0 Å². The van der Waals surface area contributed by atoms with E-state index >= 15 is 0 Å². The zero-order valence-corrected chi connectivity index (χ0v) is 8.85. The standard InChI is InChI=1S/C12H14O4/c13-10-3-1-9(2-4-10)12(11(14)15)5-7-16-8-6-12/h1-4,13H,5-8H2,(H,14,15). The van der Waals surface area contributed by atoms with E-state index in [-0.39, 0.29) is 5.75 Å². The topological polar surface area (TPSA) is 66.8 Å². The maximum atomic E-state index is 11.4. The van der Waals surface area contributed by atoms with Crippen LogP contribution in [0.5, 0.6) is 5.75 Å². The predicted molar refractivity (Wildman–Crippen MR) is 57.5 cm³/mol. The Kier molecular flexibility index (Phi) is 2.83. The molecule has 86 valence electrons. The number of aromatic hydroxyl groups is 1. The Morgan fingerprint density at radius 2 is 1.75 bits per heavy atom. The molecule has 1 aromatic carbocycles. The van der Waals surface area contributed by atoms with Gasteiger partial charge in [0, 0.05) is 13.2 Å². The van der Waals surface area contributed by atoms with Gasteiger partial charge in [-0.15, -0.1) is 0 Å². The van der Waals surface area contributed by atoms with Crippen LogP contribution in [0.4, 0.5) is 0 Å². The van der Waals surface area contributed by atoms with E-state index in [2.05, 4.69) is 0 Å². The fourth-order valence-corrected chi connectivity index (χ4v) is 2.13. The fraction of sp³-hybridized carbons (Fsp3) is 0.417. The van der Waals surface area contributed by atoms with Gasteiger partial charge < -0.3 is 14.9 Å². The Labute approximate surface area is 93.5 Å². The summed E-state index contributed by atoms with van der Waals surface area (Å²) in [5.41, 5.74) is -0.118. The molecule has 1 aliphatic rings. The van der Waals surface area contributed by atoms with Crippen molar-refractivity contribution >= 4 is 5.97 Å². The van der Waals surface area contributed by atoms with Crippen molar-refractivity contribution in [3.05, 3.63) is 29.8 Å². The minimum Gasteiger partial charge on any atom is -0.508 e. The Bertz CT molecular complexity index is 377. The van der Waals surface area contributed by atoms with E-state index in [9.17, 15) is 15.0 Å². The molecule has 1 heterocycles. The lowest BCUT2D eigenvalue weighted by Gasteiger charge is -2.33. The molecule has 0 spiro atoms. The number of hydrogen-bond donors (Lipinski definition) is 2. The highest BCUT2D eigenvalue weighted by atomic mass is 16.5. The second-order valence-corrected chi connectivity index (χ2v) is 4.05. The maximum Gasteiger partial charge on any atom is 0.314 e. The lowest BCUT2D eigenvalue weighted by molar-refractivity contribution is -0.147. The molecule has 0 bridgehead atoms. The number of carboxylic acid groups (broad SMARTS) is 1. The maximum absolute atomic E-state index is 11.4. The fourth-order valence-electron chi connectivity index (χ4n) is 2.13. The third-order valence-electron chi connectivity index (χ3n) is 3.18. The van der Waals surface area contributed by atoms with Gasteiger partial charge in [-0.1, -0.05) is 12.1 Å². The molecule has 0 amide bonds. The number of aliphatic carboxylic acids is 1. The molecule has 1 fully saturated rings. The van der Waals surface area contributed by atoms with Gasteiger partial charge in [0.25, 0.3) is 0 Å². The van der Waals surface area contributed by atoms with E-state index in [0.717, 1.165) is 5.56 Å². The summed E-state index contributed by atoms with van der Waals surface area (Å²) < 4.78 is 5.21. The first kappa shape index (κ1) is 11.0. The van der Waals surface area contributed by atoms with E-state index in [1.807, 2.05) is 0 Å². The summed E-state index contributed by atoms with van der Waals surface area (Å²) in [6, 6.07) is 6.40. The molecule has 0 radical (unpaired) electrons. The molecule has 1 aliphatic heterocycles. The number of rotatable bonds is 2. The van der Waals surface area contributed by atoms with Crippen LogP contribution in [0.1, 0.15) is 18.4 Å². The van der Waals surface area contributed by atoms with Gasteiger partial charge in [0.1, 0.15) is 5.75 Å². The van der Waals surface area contributed by atoms with Gasteiger partial charge in [0.15, 0.2) is 0 Å². The summed E-state index contributed by atoms with van der Waals surface area (Å²) in [5.74, 6) is -0.669. The van der Waals surface area contributed by atoms with E-state index in [1.54, 1.807) is 12.1 Å². The van der Waals surface area contributed by atoms with Crippen LogP contribution in [0, 0.1) is 0 Å². The molecule has 4 heteroatoms. The number of carbonyl (C=O) groups is 1. The summed E-state index contributed by atoms with van der Waals surface area (Å²) in [7, 11) is 0. The van der Waals surface area contributed by atoms with Gasteiger partial charge in [0.2, 0.25) is 0 Å². The molecule has 2 rings (SSSR count). The summed E-state index contributed by atoms with van der Waals surface area (Å²) in [6.45, 7) is 0.931. The van der Waals surface area contributed by atoms with Gasteiger partial charge in [0.05, 0.1) is 5.41 Å². The first-order valence-electron chi connectivity index (χ1n) is 5.26. The van der Waals surface area contributed by atoms with Crippen molar-refractivity contribution in [3.8, 4) is 5.75 Å².